The Bertz CT molecular complexity index is 774. The first-order valence-corrected chi connectivity index (χ1v) is 8.80. The van der Waals surface area contributed by atoms with Crippen molar-refractivity contribution in [3.63, 3.8) is 0 Å². The molecule has 0 fully saturated rings. The van der Waals surface area contributed by atoms with Gasteiger partial charge in [0, 0.05) is 5.56 Å². The van der Waals surface area contributed by atoms with Crippen LogP contribution in [0.15, 0.2) is 36.4 Å². The summed E-state index contributed by atoms with van der Waals surface area (Å²) in [5.41, 5.74) is 3.79. The smallest absolute Gasteiger partial charge is 0.129 e. The van der Waals surface area contributed by atoms with E-state index in [9.17, 15) is 14.8 Å². The third-order valence-corrected chi connectivity index (χ3v) is 4.90. The van der Waals surface area contributed by atoms with Gasteiger partial charge in [-0.3, -0.25) is 0 Å². The topological polar surface area (TPSA) is 44.0 Å². The second-order valence-corrected chi connectivity index (χ2v) is 7.24. The number of halogens is 1. The van der Waals surface area contributed by atoms with Crippen molar-refractivity contribution in [2.45, 2.75) is 46.6 Å². The molecule has 2 aromatic rings. The second-order valence-electron chi connectivity index (χ2n) is 7.24. The lowest BCUT2D eigenvalue weighted by atomic mass is 9.89. The molecule has 0 saturated heterocycles. The molecule has 0 heterocycles. The van der Waals surface area contributed by atoms with Crippen LogP contribution in [-0.4, -0.2) is 5.11 Å². The minimum absolute atomic E-state index is 0.294. The van der Waals surface area contributed by atoms with Crippen LogP contribution in [0.25, 0.3) is 0 Å². The number of benzene rings is 2. The summed E-state index contributed by atoms with van der Waals surface area (Å²) < 4.78 is 14.0. The van der Waals surface area contributed by atoms with Gasteiger partial charge in [-0.15, -0.1) is 0 Å². The highest BCUT2D eigenvalue weighted by molar-refractivity contribution is 5.43. The zero-order valence-electron chi connectivity index (χ0n) is 15.4. The molecule has 2 unspecified atom stereocenters. The molecule has 2 nitrogen and oxygen atoms in total. The molecule has 2 atom stereocenters. The highest BCUT2D eigenvalue weighted by Gasteiger charge is 2.12. The SMILES string of the molecule is CC(O)c1ccc(Cc2ccc(CC(C)C(C)C)cc2C#N)cc1F. The Hall–Kier alpha value is -2.18. The summed E-state index contributed by atoms with van der Waals surface area (Å²) in [4.78, 5) is 0. The third-order valence-electron chi connectivity index (χ3n) is 4.90. The van der Waals surface area contributed by atoms with Crippen LogP contribution in [0, 0.1) is 29.0 Å². The highest BCUT2D eigenvalue weighted by Crippen LogP contribution is 2.23. The van der Waals surface area contributed by atoms with Crippen molar-refractivity contribution in [2.24, 2.45) is 11.8 Å². The molecule has 132 valence electrons. The molecule has 2 rings (SSSR count). The Kier molecular flexibility index (Phi) is 6.33. The second kappa shape index (κ2) is 8.27. The van der Waals surface area contributed by atoms with Crippen molar-refractivity contribution in [3.05, 3.63) is 70.0 Å². The van der Waals surface area contributed by atoms with E-state index in [2.05, 4.69) is 32.9 Å². The fraction of sp³-hybridized carbons (Fsp3) is 0.409. The summed E-state index contributed by atoms with van der Waals surface area (Å²) in [6, 6.07) is 13.1. The Morgan fingerprint density at radius 2 is 1.72 bits per heavy atom. The molecule has 0 aliphatic rings. The van der Waals surface area contributed by atoms with Gasteiger partial charge in [-0.05, 0) is 60.4 Å². The number of hydrogen-bond donors (Lipinski definition) is 1. The van der Waals surface area contributed by atoms with E-state index < -0.39 is 11.9 Å². The molecular formula is C22H26FNO. The van der Waals surface area contributed by atoms with Crippen molar-refractivity contribution in [1.29, 1.82) is 5.26 Å². The number of aliphatic hydroxyl groups excluding tert-OH is 1. The molecule has 0 bridgehead atoms. The van der Waals surface area contributed by atoms with Gasteiger partial charge in [0.15, 0.2) is 0 Å². The minimum Gasteiger partial charge on any atom is -0.389 e. The highest BCUT2D eigenvalue weighted by atomic mass is 19.1. The molecule has 0 aromatic heterocycles. The third kappa shape index (κ3) is 4.90. The van der Waals surface area contributed by atoms with Crippen LogP contribution in [0.4, 0.5) is 4.39 Å². The van der Waals surface area contributed by atoms with Crippen molar-refractivity contribution in [3.8, 4) is 6.07 Å². The first-order chi connectivity index (χ1) is 11.8. The van der Waals surface area contributed by atoms with Crippen molar-refractivity contribution in [1.82, 2.24) is 0 Å². The van der Waals surface area contributed by atoms with E-state index in [0.717, 1.165) is 23.1 Å². The molecule has 3 heteroatoms. The first-order valence-electron chi connectivity index (χ1n) is 8.80. The number of hydrogen-bond acceptors (Lipinski definition) is 2. The van der Waals surface area contributed by atoms with Gasteiger partial charge in [-0.1, -0.05) is 45.0 Å². The van der Waals surface area contributed by atoms with E-state index in [1.807, 2.05) is 12.1 Å². The zero-order valence-corrected chi connectivity index (χ0v) is 15.4. The number of rotatable bonds is 6. The maximum atomic E-state index is 14.0. The molecule has 0 saturated carbocycles. The van der Waals surface area contributed by atoms with E-state index in [-0.39, 0.29) is 0 Å². The largest absolute Gasteiger partial charge is 0.389 e. The van der Waals surface area contributed by atoms with Crippen molar-refractivity contribution < 1.29 is 9.50 Å². The van der Waals surface area contributed by atoms with E-state index in [1.165, 1.54) is 6.07 Å². The van der Waals surface area contributed by atoms with Crippen molar-refractivity contribution in [2.75, 3.05) is 0 Å². The zero-order chi connectivity index (χ0) is 18.6. The average Bonchev–Trinajstić information content (AvgIpc) is 2.55. The number of nitrogens with zero attached hydrogens (tertiary/aromatic N) is 1. The van der Waals surface area contributed by atoms with E-state index in [1.54, 1.807) is 19.1 Å². The van der Waals surface area contributed by atoms with Gasteiger partial charge in [-0.25, -0.2) is 4.39 Å². The number of aliphatic hydroxyl groups is 1. The van der Waals surface area contributed by atoms with Gasteiger partial charge < -0.3 is 5.11 Å². The van der Waals surface area contributed by atoms with E-state index in [0.29, 0.717) is 29.4 Å². The lowest BCUT2D eigenvalue weighted by molar-refractivity contribution is 0.194. The predicted molar refractivity (Wildman–Crippen MR) is 98.7 cm³/mol. The lowest BCUT2D eigenvalue weighted by Gasteiger charge is -2.16. The summed E-state index contributed by atoms with van der Waals surface area (Å²) in [5, 5.41) is 19.0. The summed E-state index contributed by atoms with van der Waals surface area (Å²) in [5.74, 6) is 0.744. The van der Waals surface area contributed by atoms with Crippen LogP contribution in [-0.2, 0) is 12.8 Å². The van der Waals surface area contributed by atoms with Crippen LogP contribution in [0.5, 0.6) is 0 Å². The molecule has 0 aliphatic carbocycles. The van der Waals surface area contributed by atoms with Gasteiger partial charge in [0.2, 0.25) is 0 Å². The fourth-order valence-electron chi connectivity index (χ4n) is 2.86. The molecule has 0 spiro atoms. The van der Waals surface area contributed by atoms with Gasteiger partial charge in [0.25, 0.3) is 0 Å². The quantitative estimate of drug-likeness (QED) is 0.788. The Morgan fingerprint density at radius 3 is 2.28 bits per heavy atom. The maximum Gasteiger partial charge on any atom is 0.129 e. The van der Waals surface area contributed by atoms with E-state index >= 15 is 0 Å². The van der Waals surface area contributed by atoms with Gasteiger partial charge in [0.1, 0.15) is 5.82 Å². The summed E-state index contributed by atoms with van der Waals surface area (Å²) >= 11 is 0. The molecule has 2 aromatic carbocycles. The molecule has 0 amide bonds. The standard InChI is InChI=1S/C22H26FNO/c1-14(2)15(3)9-17-5-7-19(20(11-17)13-24)10-18-6-8-21(16(4)25)22(23)12-18/h5-8,11-12,14-16,25H,9-10H2,1-4H3. The summed E-state index contributed by atoms with van der Waals surface area (Å²) in [6.07, 6.45) is 0.621. The lowest BCUT2D eigenvalue weighted by Crippen LogP contribution is -2.08. The molecule has 0 aliphatic heterocycles. The van der Waals surface area contributed by atoms with E-state index in [4.69, 9.17) is 0 Å². The molecule has 0 radical (unpaired) electrons. The summed E-state index contributed by atoms with van der Waals surface area (Å²) in [6.45, 7) is 8.17. The molecule has 25 heavy (non-hydrogen) atoms. The van der Waals surface area contributed by atoms with Crippen LogP contribution >= 0.6 is 0 Å². The van der Waals surface area contributed by atoms with Crippen LogP contribution in [0.3, 0.4) is 0 Å². The van der Waals surface area contributed by atoms with Crippen LogP contribution in [0.2, 0.25) is 0 Å². The summed E-state index contributed by atoms with van der Waals surface area (Å²) in [7, 11) is 0. The minimum atomic E-state index is -0.828. The van der Waals surface area contributed by atoms with Gasteiger partial charge in [0.05, 0.1) is 17.7 Å². The van der Waals surface area contributed by atoms with Crippen molar-refractivity contribution >= 4 is 0 Å². The van der Waals surface area contributed by atoms with Crippen LogP contribution in [0.1, 0.15) is 61.6 Å². The van der Waals surface area contributed by atoms with Gasteiger partial charge >= 0.3 is 0 Å². The molecular weight excluding hydrogens is 313 g/mol. The average molecular weight is 339 g/mol. The predicted octanol–water partition coefficient (Wildman–Crippen LogP) is 5.18. The first kappa shape index (κ1) is 19.1. The Labute approximate surface area is 149 Å². The Morgan fingerprint density at radius 1 is 1.04 bits per heavy atom. The van der Waals surface area contributed by atoms with Gasteiger partial charge in [-0.2, -0.15) is 5.26 Å². The fourth-order valence-corrected chi connectivity index (χ4v) is 2.86. The number of nitriles is 1. The molecule has 1 N–H and O–H groups in total. The normalized spacial score (nSPS) is 13.5. The maximum absolute atomic E-state index is 14.0. The van der Waals surface area contributed by atoms with Crippen LogP contribution < -0.4 is 0 Å². The Balaban J connectivity index is 2.23. The monoisotopic (exact) mass is 339 g/mol.